The lowest BCUT2D eigenvalue weighted by atomic mass is 9.82. The second-order valence-corrected chi connectivity index (χ2v) is 12.6. The van der Waals surface area contributed by atoms with Gasteiger partial charge >= 0.3 is 6.36 Å². The van der Waals surface area contributed by atoms with E-state index in [0.717, 1.165) is 35.6 Å². The van der Waals surface area contributed by atoms with Crippen LogP contribution in [-0.4, -0.2) is 65.8 Å². The van der Waals surface area contributed by atoms with Crippen LogP contribution in [0.5, 0.6) is 11.5 Å². The van der Waals surface area contributed by atoms with E-state index in [2.05, 4.69) is 10.1 Å². The highest BCUT2D eigenvalue weighted by atomic mass is 19.4. The van der Waals surface area contributed by atoms with Crippen molar-refractivity contribution in [1.29, 1.82) is 0 Å². The molecule has 2 amide bonds. The van der Waals surface area contributed by atoms with Crippen molar-refractivity contribution in [2.75, 3.05) is 19.7 Å². The molecular formula is C36H35F6N3O4. The zero-order chi connectivity index (χ0) is 34.9. The summed E-state index contributed by atoms with van der Waals surface area (Å²) in [5.74, 6) is -4.99. The van der Waals surface area contributed by atoms with E-state index in [1.807, 2.05) is 24.3 Å². The van der Waals surface area contributed by atoms with E-state index >= 15 is 0 Å². The number of carbonyl (C=O) groups excluding carboxylic acids is 2. The fraction of sp³-hybridized carbons (Fsp3) is 0.389. The van der Waals surface area contributed by atoms with Crippen LogP contribution >= 0.6 is 0 Å². The molecule has 13 heteroatoms. The van der Waals surface area contributed by atoms with Crippen LogP contribution in [0.25, 0.3) is 5.57 Å². The summed E-state index contributed by atoms with van der Waals surface area (Å²) in [5, 5.41) is 3.52. The number of amides is 2. The predicted molar refractivity (Wildman–Crippen MR) is 168 cm³/mol. The van der Waals surface area contributed by atoms with Crippen molar-refractivity contribution < 1.29 is 45.4 Å². The van der Waals surface area contributed by atoms with Crippen molar-refractivity contribution in [3.63, 3.8) is 0 Å². The van der Waals surface area contributed by atoms with Gasteiger partial charge in [-0.05, 0) is 78.6 Å². The van der Waals surface area contributed by atoms with Crippen LogP contribution in [0.15, 0.2) is 66.2 Å². The van der Waals surface area contributed by atoms with Gasteiger partial charge in [0.05, 0.1) is 12.6 Å². The molecule has 1 saturated carbocycles. The molecule has 260 valence electrons. The zero-order valence-corrected chi connectivity index (χ0v) is 26.7. The lowest BCUT2D eigenvalue weighted by Crippen LogP contribution is -2.61. The Morgan fingerprint density at radius 2 is 1.69 bits per heavy atom. The summed E-state index contributed by atoms with van der Waals surface area (Å²) in [6.07, 6.45) is -1.91. The van der Waals surface area contributed by atoms with Gasteiger partial charge in [-0.3, -0.25) is 9.59 Å². The minimum absolute atomic E-state index is 0.0350. The van der Waals surface area contributed by atoms with Gasteiger partial charge in [-0.2, -0.15) is 4.39 Å². The Morgan fingerprint density at radius 3 is 2.39 bits per heavy atom. The highest BCUT2D eigenvalue weighted by molar-refractivity contribution is 6.03. The maximum absolute atomic E-state index is 14.5. The topological polar surface area (TPSA) is 71.1 Å². The normalized spacial score (nSPS) is 19.1. The Kier molecular flexibility index (Phi) is 9.91. The van der Waals surface area contributed by atoms with Crippen LogP contribution in [0.2, 0.25) is 0 Å². The first-order chi connectivity index (χ1) is 23.4. The first-order valence-electron chi connectivity index (χ1n) is 16.1. The number of alkyl halides is 3. The molecule has 7 nitrogen and oxygen atoms in total. The van der Waals surface area contributed by atoms with Crippen LogP contribution < -0.4 is 14.8 Å². The summed E-state index contributed by atoms with van der Waals surface area (Å²) in [6.45, 7) is 2.34. The Labute approximate surface area is 279 Å². The lowest BCUT2D eigenvalue weighted by molar-refractivity contribution is -0.274. The van der Waals surface area contributed by atoms with Crippen molar-refractivity contribution in [2.24, 2.45) is 0 Å². The number of ether oxygens (including phenoxy) is 2. The second kappa shape index (κ2) is 14.1. The third kappa shape index (κ3) is 8.21. The summed E-state index contributed by atoms with van der Waals surface area (Å²) in [4.78, 5) is 30.3. The standard InChI is InChI=1S/C36H35F6N3O4/c1-21(46)44-19-25-17-28(24-9-7-22(8-10-24)5-3-15-48-34-30(38)14-13-29(37)33(34)39)32(31(20-44)43-25)35(47)45(26-11-12-26)18-23-4-2-6-27(16-23)49-36(40,41)42/h2,4,6-10,13-14,16,25-26,31,43H,3,5,11-12,15,17-20H2,1H3. The van der Waals surface area contributed by atoms with Gasteiger partial charge in [0.1, 0.15) is 5.75 Å². The van der Waals surface area contributed by atoms with Crippen LogP contribution in [0.3, 0.4) is 0 Å². The number of benzene rings is 3. The first kappa shape index (κ1) is 34.3. The molecule has 2 atom stereocenters. The number of nitrogens with one attached hydrogen (secondary N) is 1. The number of halogens is 6. The monoisotopic (exact) mass is 687 g/mol. The number of aryl methyl sites for hydroxylation is 1. The van der Waals surface area contributed by atoms with Crippen LogP contribution in [0, 0.1) is 17.5 Å². The van der Waals surface area contributed by atoms with Crippen molar-refractivity contribution in [2.45, 2.75) is 70.1 Å². The molecule has 0 aromatic heterocycles. The molecular weight excluding hydrogens is 652 g/mol. The Hall–Kier alpha value is -4.52. The number of nitrogens with zero attached hydrogens (tertiary/aromatic N) is 2. The number of hydrogen-bond donors (Lipinski definition) is 1. The van der Waals surface area contributed by atoms with Crippen LogP contribution in [-0.2, 0) is 22.6 Å². The summed E-state index contributed by atoms with van der Waals surface area (Å²) in [6, 6.07) is 14.1. The first-order valence-corrected chi connectivity index (χ1v) is 16.1. The molecule has 6 rings (SSSR count). The van der Waals surface area contributed by atoms with E-state index in [9.17, 15) is 35.9 Å². The lowest BCUT2D eigenvalue weighted by Gasteiger charge is -2.44. The second-order valence-electron chi connectivity index (χ2n) is 12.6. The molecule has 3 aliphatic rings. The van der Waals surface area contributed by atoms with Gasteiger partial charge in [0.25, 0.3) is 5.91 Å². The molecule has 1 N–H and O–H groups in total. The Morgan fingerprint density at radius 1 is 0.959 bits per heavy atom. The number of carbonyl (C=O) groups is 2. The van der Waals surface area contributed by atoms with Crippen LogP contribution in [0.4, 0.5) is 26.3 Å². The molecule has 2 heterocycles. The van der Waals surface area contributed by atoms with Gasteiger partial charge in [0.2, 0.25) is 11.7 Å². The van der Waals surface area contributed by atoms with E-state index in [-0.39, 0.29) is 42.8 Å². The van der Waals surface area contributed by atoms with Gasteiger partial charge in [0, 0.05) is 44.2 Å². The maximum Gasteiger partial charge on any atom is 0.573 e. The summed E-state index contributed by atoms with van der Waals surface area (Å²) in [5.41, 5.74) is 3.61. The van der Waals surface area contributed by atoms with Crippen LogP contribution in [0.1, 0.15) is 49.3 Å². The molecule has 2 bridgehead atoms. The molecule has 3 aromatic carbocycles. The van der Waals surface area contributed by atoms with E-state index in [1.54, 1.807) is 15.9 Å². The molecule has 2 fully saturated rings. The molecule has 3 aromatic rings. The fourth-order valence-electron chi connectivity index (χ4n) is 6.53. The molecule has 49 heavy (non-hydrogen) atoms. The Balaban J connectivity index is 1.23. The number of piperazine rings is 1. The number of fused-ring (bicyclic) bond motifs is 2. The van der Waals surface area contributed by atoms with Crippen molar-refractivity contribution in [1.82, 2.24) is 15.1 Å². The van der Waals surface area contributed by atoms with E-state index in [1.165, 1.54) is 25.1 Å². The van der Waals surface area contributed by atoms with Crippen molar-refractivity contribution >= 4 is 17.4 Å². The SMILES string of the molecule is CC(=O)N1CC2CC(c3ccc(CCCOc4c(F)ccc(F)c4F)cc3)=C(C(=O)N(Cc3cccc(OC(F)(F)F)c3)C3CC3)C(C1)N2. The number of rotatable bonds is 11. The molecule has 2 unspecified atom stereocenters. The zero-order valence-electron chi connectivity index (χ0n) is 26.7. The molecule has 2 aliphatic heterocycles. The van der Waals surface area contributed by atoms with Gasteiger partial charge in [0.15, 0.2) is 17.4 Å². The van der Waals surface area contributed by atoms with Gasteiger partial charge in [-0.1, -0.05) is 36.4 Å². The smallest absolute Gasteiger partial charge is 0.488 e. The van der Waals surface area contributed by atoms with E-state index in [0.29, 0.717) is 49.6 Å². The summed E-state index contributed by atoms with van der Waals surface area (Å²) in [7, 11) is 0. The van der Waals surface area contributed by atoms with Crippen molar-refractivity contribution in [3.05, 3.63) is 100 Å². The highest BCUT2D eigenvalue weighted by Crippen LogP contribution is 2.38. The third-order valence-corrected chi connectivity index (χ3v) is 8.97. The average molecular weight is 688 g/mol. The average Bonchev–Trinajstić information content (AvgIpc) is 3.90. The number of hydrogen-bond acceptors (Lipinski definition) is 5. The molecule has 0 radical (unpaired) electrons. The van der Waals surface area contributed by atoms with Crippen molar-refractivity contribution in [3.8, 4) is 11.5 Å². The highest BCUT2D eigenvalue weighted by Gasteiger charge is 2.43. The van der Waals surface area contributed by atoms with Gasteiger partial charge in [-0.15, -0.1) is 13.2 Å². The van der Waals surface area contributed by atoms with E-state index in [4.69, 9.17) is 4.74 Å². The van der Waals surface area contributed by atoms with E-state index < -0.39 is 35.6 Å². The summed E-state index contributed by atoms with van der Waals surface area (Å²) < 4.78 is 89.2. The molecule has 1 saturated heterocycles. The third-order valence-electron chi connectivity index (χ3n) is 8.97. The molecule has 0 spiro atoms. The largest absolute Gasteiger partial charge is 0.573 e. The van der Waals surface area contributed by atoms with Gasteiger partial charge < -0.3 is 24.6 Å². The minimum Gasteiger partial charge on any atom is -0.488 e. The quantitative estimate of drug-likeness (QED) is 0.141. The Bertz CT molecular complexity index is 1740. The molecule has 1 aliphatic carbocycles. The van der Waals surface area contributed by atoms with Gasteiger partial charge in [-0.25, -0.2) is 8.78 Å². The maximum atomic E-state index is 14.5. The predicted octanol–water partition coefficient (Wildman–Crippen LogP) is 6.55. The summed E-state index contributed by atoms with van der Waals surface area (Å²) >= 11 is 0. The fourth-order valence-corrected chi connectivity index (χ4v) is 6.53. The minimum atomic E-state index is -4.84.